The summed E-state index contributed by atoms with van der Waals surface area (Å²) in [4.78, 5) is 12.0. The van der Waals surface area contributed by atoms with E-state index in [9.17, 15) is 4.79 Å². The lowest BCUT2D eigenvalue weighted by Crippen LogP contribution is -2.55. The third-order valence-corrected chi connectivity index (χ3v) is 3.15. The highest BCUT2D eigenvalue weighted by Gasteiger charge is 2.27. The molecule has 0 saturated carbocycles. The van der Waals surface area contributed by atoms with E-state index in [1.807, 2.05) is 32.0 Å². The Labute approximate surface area is 120 Å². The molecule has 0 spiro atoms. The SMILES string of the molecule is Cc1cccc(CNC(=O)[C@H]2NCCO[C@@H]2C)c1.Cl. The monoisotopic (exact) mass is 284 g/mol. The van der Waals surface area contributed by atoms with E-state index in [4.69, 9.17) is 4.74 Å². The summed E-state index contributed by atoms with van der Waals surface area (Å²) in [7, 11) is 0. The summed E-state index contributed by atoms with van der Waals surface area (Å²) in [5.74, 6) is 0.00343. The van der Waals surface area contributed by atoms with Crippen LogP contribution in [0, 0.1) is 6.92 Å². The van der Waals surface area contributed by atoms with Gasteiger partial charge in [0.15, 0.2) is 0 Å². The topological polar surface area (TPSA) is 50.4 Å². The predicted molar refractivity (Wildman–Crippen MR) is 77.5 cm³/mol. The maximum Gasteiger partial charge on any atom is 0.240 e. The Morgan fingerprint density at radius 1 is 1.53 bits per heavy atom. The second kappa shape index (κ2) is 7.48. The molecule has 0 aliphatic carbocycles. The van der Waals surface area contributed by atoms with Crippen LogP contribution in [0.4, 0.5) is 0 Å². The highest BCUT2D eigenvalue weighted by Crippen LogP contribution is 2.06. The third-order valence-electron chi connectivity index (χ3n) is 3.15. The largest absolute Gasteiger partial charge is 0.375 e. The Hall–Kier alpha value is -1.10. The van der Waals surface area contributed by atoms with Gasteiger partial charge in [-0.25, -0.2) is 0 Å². The van der Waals surface area contributed by atoms with Crippen LogP contribution in [0.5, 0.6) is 0 Å². The van der Waals surface area contributed by atoms with E-state index in [0.29, 0.717) is 13.2 Å². The van der Waals surface area contributed by atoms with Crippen molar-refractivity contribution in [3.8, 4) is 0 Å². The van der Waals surface area contributed by atoms with Crippen molar-refractivity contribution in [3.05, 3.63) is 35.4 Å². The van der Waals surface area contributed by atoms with E-state index in [2.05, 4.69) is 16.7 Å². The summed E-state index contributed by atoms with van der Waals surface area (Å²) in [5, 5.41) is 6.12. The Kier molecular flexibility index (Phi) is 6.28. The van der Waals surface area contributed by atoms with Gasteiger partial charge >= 0.3 is 0 Å². The standard InChI is InChI=1S/C14H20N2O2.ClH/c1-10-4-3-5-12(8-10)9-16-14(17)13-11(2)18-7-6-15-13;/h3-5,8,11,13,15H,6-7,9H2,1-2H3,(H,16,17);1H/t11-,13+;/m1./s1. The molecule has 1 aromatic rings. The molecule has 1 saturated heterocycles. The maximum absolute atomic E-state index is 12.0. The highest BCUT2D eigenvalue weighted by atomic mass is 35.5. The number of ether oxygens (including phenoxy) is 1. The zero-order valence-corrected chi connectivity index (χ0v) is 12.1. The molecule has 1 fully saturated rings. The van der Waals surface area contributed by atoms with E-state index in [1.54, 1.807) is 0 Å². The lowest BCUT2D eigenvalue weighted by atomic mass is 10.1. The van der Waals surface area contributed by atoms with E-state index in [0.717, 1.165) is 12.1 Å². The molecule has 1 amide bonds. The second-order valence-electron chi connectivity index (χ2n) is 4.71. The Balaban J connectivity index is 0.00000180. The molecular weight excluding hydrogens is 264 g/mol. The van der Waals surface area contributed by atoms with Gasteiger partial charge in [0.25, 0.3) is 0 Å². The molecule has 1 heterocycles. The van der Waals surface area contributed by atoms with Gasteiger partial charge in [0.05, 0.1) is 12.7 Å². The summed E-state index contributed by atoms with van der Waals surface area (Å²) in [6.45, 7) is 5.92. The number of hydrogen-bond acceptors (Lipinski definition) is 3. The first-order valence-electron chi connectivity index (χ1n) is 6.35. The molecule has 19 heavy (non-hydrogen) atoms. The minimum absolute atomic E-state index is 0. The molecule has 1 aromatic carbocycles. The molecule has 1 aliphatic heterocycles. The lowest BCUT2D eigenvalue weighted by Gasteiger charge is -2.29. The van der Waals surface area contributed by atoms with Gasteiger partial charge in [0.2, 0.25) is 5.91 Å². The Bertz CT molecular complexity index is 426. The van der Waals surface area contributed by atoms with Gasteiger partial charge in [-0.05, 0) is 19.4 Å². The van der Waals surface area contributed by atoms with Gasteiger partial charge in [-0.2, -0.15) is 0 Å². The van der Waals surface area contributed by atoms with Crippen molar-refractivity contribution < 1.29 is 9.53 Å². The number of carbonyl (C=O) groups is 1. The van der Waals surface area contributed by atoms with Crippen molar-refractivity contribution in [2.45, 2.75) is 32.5 Å². The number of halogens is 1. The van der Waals surface area contributed by atoms with Gasteiger partial charge in [-0.1, -0.05) is 29.8 Å². The number of aryl methyl sites for hydroxylation is 1. The average molecular weight is 285 g/mol. The van der Waals surface area contributed by atoms with Crippen LogP contribution in [0.3, 0.4) is 0 Å². The summed E-state index contributed by atoms with van der Waals surface area (Å²) in [6, 6.07) is 7.89. The van der Waals surface area contributed by atoms with Crippen molar-refractivity contribution >= 4 is 18.3 Å². The Morgan fingerprint density at radius 2 is 2.32 bits per heavy atom. The van der Waals surface area contributed by atoms with Gasteiger partial charge in [0.1, 0.15) is 6.04 Å². The molecular formula is C14H21ClN2O2. The van der Waals surface area contributed by atoms with Crippen LogP contribution in [-0.2, 0) is 16.1 Å². The molecule has 2 rings (SSSR count). The van der Waals surface area contributed by atoms with E-state index in [1.165, 1.54) is 5.56 Å². The minimum atomic E-state index is -0.247. The molecule has 2 atom stereocenters. The van der Waals surface area contributed by atoms with Gasteiger partial charge in [-0.3, -0.25) is 4.79 Å². The molecule has 0 radical (unpaired) electrons. The lowest BCUT2D eigenvalue weighted by molar-refractivity contribution is -0.129. The quantitative estimate of drug-likeness (QED) is 0.882. The number of amides is 1. The molecule has 0 aromatic heterocycles. The number of morpholine rings is 1. The molecule has 5 heteroatoms. The van der Waals surface area contributed by atoms with Crippen molar-refractivity contribution in [2.75, 3.05) is 13.2 Å². The second-order valence-corrected chi connectivity index (χ2v) is 4.71. The van der Waals surface area contributed by atoms with Crippen molar-refractivity contribution in [1.29, 1.82) is 0 Å². The number of carbonyl (C=O) groups excluding carboxylic acids is 1. The van der Waals surface area contributed by atoms with Crippen molar-refractivity contribution in [2.24, 2.45) is 0 Å². The van der Waals surface area contributed by atoms with E-state index < -0.39 is 0 Å². The van der Waals surface area contributed by atoms with Crippen LogP contribution in [0.15, 0.2) is 24.3 Å². The van der Waals surface area contributed by atoms with Crippen LogP contribution in [0.1, 0.15) is 18.1 Å². The molecule has 0 unspecified atom stereocenters. The van der Waals surface area contributed by atoms with Crippen LogP contribution >= 0.6 is 12.4 Å². The van der Waals surface area contributed by atoms with Crippen molar-refractivity contribution in [3.63, 3.8) is 0 Å². The van der Waals surface area contributed by atoms with Gasteiger partial charge in [0, 0.05) is 13.1 Å². The Morgan fingerprint density at radius 3 is 3.00 bits per heavy atom. The van der Waals surface area contributed by atoms with E-state index in [-0.39, 0.29) is 30.5 Å². The zero-order valence-electron chi connectivity index (χ0n) is 11.3. The maximum atomic E-state index is 12.0. The van der Waals surface area contributed by atoms with Crippen molar-refractivity contribution in [1.82, 2.24) is 10.6 Å². The molecule has 106 valence electrons. The van der Waals surface area contributed by atoms with Gasteiger partial charge in [-0.15, -0.1) is 12.4 Å². The van der Waals surface area contributed by atoms with Crippen LogP contribution in [0.25, 0.3) is 0 Å². The fourth-order valence-corrected chi connectivity index (χ4v) is 2.15. The first kappa shape index (κ1) is 16.0. The molecule has 4 nitrogen and oxygen atoms in total. The normalized spacial score (nSPS) is 22.4. The third kappa shape index (κ3) is 4.49. The fourth-order valence-electron chi connectivity index (χ4n) is 2.15. The summed E-state index contributed by atoms with van der Waals surface area (Å²) >= 11 is 0. The highest BCUT2D eigenvalue weighted by molar-refractivity contribution is 5.85. The first-order valence-corrected chi connectivity index (χ1v) is 6.35. The van der Waals surface area contributed by atoms with Crippen LogP contribution in [-0.4, -0.2) is 31.2 Å². The number of rotatable bonds is 3. The fraction of sp³-hybridized carbons (Fsp3) is 0.500. The summed E-state index contributed by atoms with van der Waals surface area (Å²) in [5.41, 5.74) is 2.32. The predicted octanol–water partition coefficient (Wildman–Crippen LogP) is 1.41. The average Bonchev–Trinajstić information content (AvgIpc) is 2.37. The van der Waals surface area contributed by atoms with Gasteiger partial charge < -0.3 is 15.4 Å². The molecule has 2 N–H and O–H groups in total. The molecule has 0 bridgehead atoms. The number of benzene rings is 1. The minimum Gasteiger partial charge on any atom is -0.375 e. The number of nitrogens with one attached hydrogen (secondary N) is 2. The molecule has 1 aliphatic rings. The number of hydrogen-bond donors (Lipinski definition) is 2. The van der Waals surface area contributed by atoms with Crippen LogP contribution in [0.2, 0.25) is 0 Å². The summed E-state index contributed by atoms with van der Waals surface area (Å²) in [6.07, 6.45) is -0.0729. The summed E-state index contributed by atoms with van der Waals surface area (Å²) < 4.78 is 5.46. The smallest absolute Gasteiger partial charge is 0.240 e. The first-order chi connectivity index (χ1) is 8.66. The van der Waals surface area contributed by atoms with Crippen LogP contribution < -0.4 is 10.6 Å². The van der Waals surface area contributed by atoms with E-state index >= 15 is 0 Å². The zero-order chi connectivity index (χ0) is 13.0.